The minimum absolute atomic E-state index is 0.0294. The lowest BCUT2D eigenvalue weighted by molar-refractivity contribution is -0.131. The Kier molecular flexibility index (Phi) is 5.73. The summed E-state index contributed by atoms with van der Waals surface area (Å²) in [5.74, 6) is 0.663. The summed E-state index contributed by atoms with van der Waals surface area (Å²) in [7, 11) is 0. The number of nitrogens with one attached hydrogen (secondary N) is 1. The maximum atomic E-state index is 12.9. The van der Waals surface area contributed by atoms with E-state index in [0.29, 0.717) is 31.0 Å². The Hall–Kier alpha value is -3.81. The molecule has 0 saturated carbocycles. The van der Waals surface area contributed by atoms with Gasteiger partial charge < -0.3 is 9.88 Å². The van der Waals surface area contributed by atoms with E-state index in [1.165, 1.54) is 5.56 Å². The first-order valence-electron chi connectivity index (χ1n) is 11.3. The predicted molar refractivity (Wildman–Crippen MR) is 125 cm³/mol. The molecule has 1 amide bonds. The molecule has 0 unspecified atom stereocenters. The summed E-state index contributed by atoms with van der Waals surface area (Å²) < 4.78 is 1.67. The number of hydrogen-bond acceptors (Lipinski definition) is 5. The highest BCUT2D eigenvalue weighted by atomic mass is 16.2. The van der Waals surface area contributed by atoms with Crippen LogP contribution in [0.4, 0.5) is 0 Å². The monoisotopic (exact) mass is 442 g/mol. The Morgan fingerprint density at radius 1 is 1.09 bits per heavy atom. The maximum Gasteiger partial charge on any atom is 0.281 e. The number of piperidine rings is 1. The lowest BCUT2D eigenvalue weighted by Crippen LogP contribution is -2.40. The fourth-order valence-electron chi connectivity index (χ4n) is 4.36. The van der Waals surface area contributed by atoms with Crippen LogP contribution in [0.2, 0.25) is 0 Å². The van der Waals surface area contributed by atoms with E-state index >= 15 is 0 Å². The third kappa shape index (κ3) is 4.55. The highest BCUT2D eigenvalue weighted by Crippen LogP contribution is 2.25. The number of carbonyl (C=O) groups is 1. The number of rotatable bonds is 5. The number of carbonyl (C=O) groups excluding carboxylic acids is 1. The number of nitrogens with zero attached hydrogens (tertiary/aromatic N) is 5. The van der Waals surface area contributed by atoms with Crippen molar-refractivity contribution in [2.45, 2.75) is 38.6 Å². The first-order chi connectivity index (χ1) is 16.1. The van der Waals surface area contributed by atoms with Gasteiger partial charge in [0.15, 0.2) is 11.2 Å². The molecule has 5 rings (SSSR count). The van der Waals surface area contributed by atoms with E-state index in [9.17, 15) is 9.59 Å². The number of aromatic amines is 1. The fourth-order valence-corrected chi connectivity index (χ4v) is 4.36. The minimum atomic E-state index is -0.294. The number of benzene rings is 2. The molecule has 0 radical (unpaired) electrons. The number of hydrogen-bond donors (Lipinski definition) is 1. The van der Waals surface area contributed by atoms with Gasteiger partial charge in [0, 0.05) is 19.0 Å². The van der Waals surface area contributed by atoms with Gasteiger partial charge in [0.25, 0.3) is 5.56 Å². The van der Waals surface area contributed by atoms with Crippen LogP contribution >= 0.6 is 0 Å². The molecule has 0 bridgehead atoms. The van der Waals surface area contributed by atoms with Crippen molar-refractivity contribution in [3.8, 4) is 0 Å². The van der Waals surface area contributed by atoms with Crippen molar-refractivity contribution in [1.82, 2.24) is 29.9 Å². The van der Waals surface area contributed by atoms with Crippen LogP contribution in [0.3, 0.4) is 0 Å². The first kappa shape index (κ1) is 21.1. The van der Waals surface area contributed by atoms with E-state index < -0.39 is 0 Å². The van der Waals surface area contributed by atoms with E-state index in [4.69, 9.17) is 4.98 Å². The zero-order valence-electron chi connectivity index (χ0n) is 18.6. The normalized spacial score (nSPS) is 16.3. The largest absolute Gasteiger partial charge is 0.342 e. The van der Waals surface area contributed by atoms with Crippen LogP contribution in [0.5, 0.6) is 0 Å². The van der Waals surface area contributed by atoms with Gasteiger partial charge in [-0.15, -0.1) is 5.10 Å². The molecule has 1 saturated heterocycles. The molecule has 1 N–H and O–H groups in total. The number of H-pyrrole nitrogens is 1. The Morgan fingerprint density at radius 2 is 1.88 bits per heavy atom. The van der Waals surface area contributed by atoms with Crippen LogP contribution in [-0.2, 0) is 17.8 Å². The van der Waals surface area contributed by atoms with Crippen molar-refractivity contribution in [2.24, 2.45) is 0 Å². The van der Waals surface area contributed by atoms with Crippen LogP contribution < -0.4 is 5.56 Å². The van der Waals surface area contributed by atoms with Crippen LogP contribution in [-0.4, -0.2) is 48.9 Å². The molecular formula is C25H26N6O2. The first-order valence-corrected chi connectivity index (χ1v) is 11.3. The van der Waals surface area contributed by atoms with Gasteiger partial charge in [-0.2, -0.15) is 0 Å². The smallest absolute Gasteiger partial charge is 0.281 e. The summed E-state index contributed by atoms with van der Waals surface area (Å²) in [5.41, 5.74) is 3.66. The quantitative estimate of drug-likeness (QED) is 0.513. The van der Waals surface area contributed by atoms with Gasteiger partial charge in [-0.1, -0.05) is 65.4 Å². The Balaban J connectivity index is 1.38. The van der Waals surface area contributed by atoms with Gasteiger partial charge >= 0.3 is 0 Å². The van der Waals surface area contributed by atoms with Gasteiger partial charge in [-0.05, 0) is 30.9 Å². The Morgan fingerprint density at radius 3 is 2.67 bits per heavy atom. The van der Waals surface area contributed by atoms with E-state index in [1.807, 2.05) is 66.4 Å². The van der Waals surface area contributed by atoms with Gasteiger partial charge in [0.05, 0.1) is 13.0 Å². The second-order valence-corrected chi connectivity index (χ2v) is 8.70. The van der Waals surface area contributed by atoms with Crippen LogP contribution in [0, 0.1) is 6.92 Å². The highest BCUT2D eigenvalue weighted by molar-refractivity contribution is 5.79. The Bertz CT molecular complexity index is 1330. The third-order valence-corrected chi connectivity index (χ3v) is 6.20. The standard InChI is InChI=1S/C25H26N6O2/c1-17-9-11-19(12-10-17)15-31-24-22(28-29-31)25(33)27-23(26-24)20-8-5-13-30(16-20)21(32)14-18-6-3-2-4-7-18/h2-4,6-7,9-12,20H,5,8,13-16H2,1H3,(H,26,27,33)/t20-/m0/s1. The van der Waals surface area contributed by atoms with Gasteiger partial charge in [0.2, 0.25) is 5.91 Å². The average molecular weight is 443 g/mol. The predicted octanol–water partition coefficient (Wildman–Crippen LogP) is 2.82. The van der Waals surface area contributed by atoms with E-state index in [2.05, 4.69) is 15.3 Å². The summed E-state index contributed by atoms with van der Waals surface area (Å²) in [5, 5.41) is 8.22. The van der Waals surface area contributed by atoms with Crippen molar-refractivity contribution in [3.63, 3.8) is 0 Å². The molecule has 1 aliphatic rings. The van der Waals surface area contributed by atoms with E-state index in [1.54, 1.807) is 4.68 Å². The number of fused-ring (bicyclic) bond motifs is 1. The van der Waals surface area contributed by atoms with Crippen LogP contribution in [0.15, 0.2) is 59.4 Å². The molecule has 2 aromatic heterocycles. The van der Waals surface area contributed by atoms with Gasteiger partial charge in [-0.3, -0.25) is 9.59 Å². The molecule has 2 aromatic carbocycles. The van der Waals surface area contributed by atoms with Crippen molar-refractivity contribution in [2.75, 3.05) is 13.1 Å². The summed E-state index contributed by atoms with van der Waals surface area (Å²) in [6.07, 6.45) is 2.11. The zero-order valence-corrected chi connectivity index (χ0v) is 18.6. The van der Waals surface area contributed by atoms with Crippen molar-refractivity contribution < 1.29 is 4.79 Å². The average Bonchev–Trinajstić information content (AvgIpc) is 3.24. The molecule has 8 nitrogen and oxygen atoms in total. The van der Waals surface area contributed by atoms with Crippen molar-refractivity contribution >= 4 is 17.1 Å². The lowest BCUT2D eigenvalue weighted by Gasteiger charge is -2.32. The molecule has 33 heavy (non-hydrogen) atoms. The molecule has 168 valence electrons. The van der Waals surface area contributed by atoms with E-state index in [0.717, 1.165) is 30.5 Å². The topological polar surface area (TPSA) is 96.8 Å². The van der Waals surface area contributed by atoms with E-state index in [-0.39, 0.29) is 22.9 Å². The molecule has 4 aromatic rings. The fraction of sp³-hybridized carbons (Fsp3) is 0.320. The third-order valence-electron chi connectivity index (χ3n) is 6.20. The second-order valence-electron chi connectivity index (χ2n) is 8.70. The molecule has 1 aliphatic heterocycles. The number of aryl methyl sites for hydroxylation is 1. The Labute approximate surface area is 191 Å². The zero-order chi connectivity index (χ0) is 22.8. The van der Waals surface area contributed by atoms with Crippen LogP contribution in [0.25, 0.3) is 11.2 Å². The van der Waals surface area contributed by atoms with Gasteiger partial charge in [-0.25, -0.2) is 9.67 Å². The highest BCUT2D eigenvalue weighted by Gasteiger charge is 2.27. The van der Waals surface area contributed by atoms with Crippen molar-refractivity contribution in [3.05, 3.63) is 87.5 Å². The second kappa shape index (κ2) is 8.97. The maximum absolute atomic E-state index is 12.9. The number of likely N-dealkylation sites (tertiary alicyclic amines) is 1. The van der Waals surface area contributed by atoms with Gasteiger partial charge in [0.1, 0.15) is 5.82 Å². The lowest BCUT2D eigenvalue weighted by atomic mass is 9.96. The van der Waals surface area contributed by atoms with Crippen LogP contribution in [0.1, 0.15) is 41.3 Å². The molecule has 3 heterocycles. The summed E-state index contributed by atoms with van der Waals surface area (Å²) in [6, 6.07) is 17.9. The SMILES string of the molecule is Cc1ccc(Cn2nnc3c(=O)[nH]c([C@H]4CCCN(C(=O)Cc5ccccc5)C4)nc32)cc1. The number of aromatic nitrogens is 5. The molecule has 0 spiro atoms. The molecule has 1 atom stereocenters. The molecule has 8 heteroatoms. The molecule has 0 aliphatic carbocycles. The molecule has 1 fully saturated rings. The summed E-state index contributed by atoms with van der Waals surface area (Å²) in [4.78, 5) is 35.1. The summed E-state index contributed by atoms with van der Waals surface area (Å²) >= 11 is 0. The summed E-state index contributed by atoms with van der Waals surface area (Å²) in [6.45, 7) is 3.79. The minimum Gasteiger partial charge on any atom is -0.342 e. The van der Waals surface area contributed by atoms with Crippen molar-refractivity contribution in [1.29, 1.82) is 0 Å². The molecular weight excluding hydrogens is 416 g/mol. The number of amides is 1.